The molecule has 0 N–H and O–H groups in total. The molecule has 1 aliphatic heterocycles. The van der Waals surface area contributed by atoms with Crippen LogP contribution in [0.2, 0.25) is 0 Å². The normalized spacial score (nSPS) is 28.8. The van der Waals surface area contributed by atoms with Crippen LogP contribution in [0, 0.1) is 23.7 Å². The quantitative estimate of drug-likeness (QED) is 0.302. The van der Waals surface area contributed by atoms with Crippen LogP contribution in [-0.4, -0.2) is 12.1 Å². The van der Waals surface area contributed by atoms with Crippen molar-refractivity contribution in [3.05, 3.63) is 175 Å². The maximum Gasteiger partial charge on any atom is 0.0551 e. The lowest BCUT2D eigenvalue weighted by Crippen LogP contribution is -2.37. The Morgan fingerprint density at radius 1 is 0.578 bits per heavy atom. The van der Waals surface area contributed by atoms with Gasteiger partial charge in [-0.15, -0.1) is 0 Å². The third-order valence-corrected chi connectivity index (χ3v) is 10.9. The summed E-state index contributed by atoms with van der Waals surface area (Å²) in [6, 6.07) is 25.9. The highest BCUT2D eigenvalue weighted by atomic mass is 15.2. The van der Waals surface area contributed by atoms with E-state index in [1.165, 1.54) is 45.0 Å². The summed E-state index contributed by atoms with van der Waals surface area (Å²) in [6.07, 6.45) is 34.6. The van der Waals surface area contributed by atoms with Crippen LogP contribution in [0.5, 0.6) is 0 Å². The van der Waals surface area contributed by atoms with Crippen LogP contribution in [0.25, 0.3) is 11.1 Å². The van der Waals surface area contributed by atoms with Gasteiger partial charge in [-0.1, -0.05) is 129 Å². The first-order valence-electron chi connectivity index (χ1n) is 16.5. The molecule has 1 fully saturated rings. The Kier molecular flexibility index (Phi) is 5.97. The minimum Gasteiger partial charge on any atom is -0.357 e. The highest BCUT2D eigenvalue weighted by Gasteiger charge is 2.46. The number of nitrogens with zero attached hydrogens (tertiary/aromatic N) is 2. The van der Waals surface area contributed by atoms with Crippen LogP contribution in [-0.2, 0) is 5.41 Å². The molecule has 220 valence electrons. The molecule has 6 atom stereocenters. The minimum absolute atomic E-state index is 0.124. The molecule has 0 aromatic heterocycles. The first kappa shape index (κ1) is 26.6. The number of hydrogen-bond acceptors (Lipinski definition) is 2. The van der Waals surface area contributed by atoms with Gasteiger partial charge >= 0.3 is 0 Å². The Labute approximate surface area is 267 Å². The summed E-state index contributed by atoms with van der Waals surface area (Å²) in [5, 5.41) is 0. The fourth-order valence-corrected chi connectivity index (χ4v) is 8.69. The van der Waals surface area contributed by atoms with E-state index in [0.29, 0.717) is 35.8 Å². The van der Waals surface area contributed by atoms with Gasteiger partial charge in [-0.05, 0) is 64.7 Å². The molecule has 0 saturated carbocycles. The summed E-state index contributed by atoms with van der Waals surface area (Å²) < 4.78 is 0. The summed E-state index contributed by atoms with van der Waals surface area (Å²) in [7, 11) is 0. The van der Waals surface area contributed by atoms with Crippen molar-refractivity contribution in [1.82, 2.24) is 0 Å². The van der Waals surface area contributed by atoms with Gasteiger partial charge < -0.3 is 9.80 Å². The van der Waals surface area contributed by atoms with Crippen molar-refractivity contribution in [2.45, 2.75) is 31.3 Å². The van der Waals surface area contributed by atoms with Gasteiger partial charge in [0.05, 0.1) is 12.1 Å². The average molecular weight is 583 g/mol. The standard InChI is InChI=1S/C43H38N2/c1-43(2)39-27-33(44(31-14-4-3-5-15-31)32-21-20-29-12-6-7-13-30(29)26-32)22-24-35(39)36-25-23-34(28-40(36)43)45-41-18-10-8-16-37(41)38-17-9-11-19-42(38)45/h3-30,37-38,41-42H,1-2H3. The van der Waals surface area contributed by atoms with Gasteiger partial charge in [0.2, 0.25) is 0 Å². The third-order valence-electron chi connectivity index (χ3n) is 10.9. The van der Waals surface area contributed by atoms with E-state index in [-0.39, 0.29) is 5.41 Å². The van der Waals surface area contributed by atoms with Crippen LogP contribution in [0.3, 0.4) is 0 Å². The van der Waals surface area contributed by atoms with E-state index in [9.17, 15) is 0 Å². The zero-order chi connectivity index (χ0) is 30.1. The summed E-state index contributed by atoms with van der Waals surface area (Å²) in [5.41, 5.74) is 10.3. The Bertz CT molecular complexity index is 1890. The van der Waals surface area contributed by atoms with Crippen molar-refractivity contribution < 1.29 is 0 Å². The number of anilines is 3. The molecule has 3 aromatic carbocycles. The van der Waals surface area contributed by atoms with Crippen molar-refractivity contribution in [1.29, 1.82) is 0 Å². The van der Waals surface area contributed by atoms with Crippen LogP contribution >= 0.6 is 0 Å². The molecule has 0 spiro atoms. The molecule has 9 rings (SSSR count). The topological polar surface area (TPSA) is 6.48 Å². The molecule has 3 aromatic rings. The van der Waals surface area contributed by atoms with Gasteiger partial charge in [-0.2, -0.15) is 0 Å². The largest absolute Gasteiger partial charge is 0.357 e. The van der Waals surface area contributed by atoms with Gasteiger partial charge in [-0.25, -0.2) is 0 Å². The summed E-state index contributed by atoms with van der Waals surface area (Å²) in [4.78, 5) is 5.10. The SMILES string of the molecule is CC1(C)c2cc(N(C3=CC4C=CC=CC4C=C3)c3ccccc3)ccc2-c2ccc(N3C4C=CC=CC4C4C=CC=CC43)cc21. The molecule has 6 aliphatic rings. The Morgan fingerprint density at radius 2 is 1.20 bits per heavy atom. The number of rotatable bonds is 4. The number of hydrogen-bond donors (Lipinski definition) is 0. The second kappa shape index (κ2) is 10.1. The van der Waals surface area contributed by atoms with E-state index < -0.39 is 0 Å². The monoisotopic (exact) mass is 582 g/mol. The van der Waals surface area contributed by atoms with E-state index >= 15 is 0 Å². The second-order valence-electron chi connectivity index (χ2n) is 13.7. The molecule has 45 heavy (non-hydrogen) atoms. The zero-order valence-electron chi connectivity index (χ0n) is 25.9. The molecule has 1 saturated heterocycles. The Hall–Kier alpha value is -4.82. The third kappa shape index (κ3) is 4.08. The molecule has 2 heteroatoms. The first-order valence-corrected chi connectivity index (χ1v) is 16.5. The summed E-state index contributed by atoms with van der Waals surface area (Å²) >= 11 is 0. The first-order chi connectivity index (χ1) is 22.1. The molecule has 5 aliphatic carbocycles. The predicted octanol–water partition coefficient (Wildman–Crippen LogP) is 9.98. The number of para-hydroxylation sites is 1. The average Bonchev–Trinajstić information content (AvgIpc) is 3.54. The van der Waals surface area contributed by atoms with Gasteiger partial charge in [0, 0.05) is 51.8 Å². The van der Waals surface area contributed by atoms with Gasteiger partial charge in [0.1, 0.15) is 0 Å². The molecule has 0 radical (unpaired) electrons. The maximum atomic E-state index is 2.67. The highest BCUT2D eigenvalue weighted by molar-refractivity contribution is 5.86. The zero-order valence-corrected chi connectivity index (χ0v) is 25.9. The fourth-order valence-electron chi connectivity index (χ4n) is 8.69. The summed E-state index contributed by atoms with van der Waals surface area (Å²) in [6.45, 7) is 4.81. The van der Waals surface area contributed by atoms with Crippen molar-refractivity contribution in [3.8, 4) is 11.1 Å². The van der Waals surface area contributed by atoms with E-state index in [4.69, 9.17) is 0 Å². The van der Waals surface area contributed by atoms with E-state index in [0.717, 1.165) is 0 Å². The molecule has 1 heterocycles. The van der Waals surface area contributed by atoms with Crippen LogP contribution in [0.4, 0.5) is 17.1 Å². The second-order valence-corrected chi connectivity index (χ2v) is 13.7. The lowest BCUT2D eigenvalue weighted by molar-refractivity contribution is 0.527. The predicted molar refractivity (Wildman–Crippen MR) is 189 cm³/mol. The minimum atomic E-state index is -0.124. The number of fused-ring (bicyclic) bond motifs is 7. The van der Waals surface area contributed by atoms with Gasteiger partial charge in [0.25, 0.3) is 0 Å². The molecular formula is C43H38N2. The maximum absolute atomic E-state index is 2.67. The van der Waals surface area contributed by atoms with Gasteiger partial charge in [0.15, 0.2) is 0 Å². The van der Waals surface area contributed by atoms with Crippen LogP contribution in [0.15, 0.2) is 164 Å². The van der Waals surface area contributed by atoms with Crippen molar-refractivity contribution in [2.24, 2.45) is 23.7 Å². The summed E-state index contributed by atoms with van der Waals surface area (Å²) in [5.74, 6) is 1.82. The molecular weight excluding hydrogens is 544 g/mol. The number of benzene rings is 3. The highest BCUT2D eigenvalue weighted by Crippen LogP contribution is 2.53. The Morgan fingerprint density at radius 3 is 1.93 bits per heavy atom. The number of allylic oxidation sites excluding steroid dienone is 11. The Balaban J connectivity index is 1.11. The smallest absolute Gasteiger partial charge is 0.0551 e. The van der Waals surface area contributed by atoms with Crippen molar-refractivity contribution in [3.63, 3.8) is 0 Å². The lowest BCUT2D eigenvalue weighted by atomic mass is 9.82. The van der Waals surface area contributed by atoms with E-state index in [1.54, 1.807) is 0 Å². The van der Waals surface area contributed by atoms with E-state index in [2.05, 4.69) is 182 Å². The van der Waals surface area contributed by atoms with Crippen molar-refractivity contribution >= 4 is 17.1 Å². The van der Waals surface area contributed by atoms with E-state index in [1.807, 2.05) is 0 Å². The lowest BCUT2D eigenvalue weighted by Gasteiger charge is -2.33. The molecule has 2 nitrogen and oxygen atoms in total. The fraction of sp³-hybridized carbons (Fsp3) is 0.209. The van der Waals surface area contributed by atoms with Crippen molar-refractivity contribution in [2.75, 3.05) is 9.80 Å². The van der Waals surface area contributed by atoms with Crippen LogP contribution < -0.4 is 9.80 Å². The van der Waals surface area contributed by atoms with Gasteiger partial charge in [-0.3, -0.25) is 0 Å². The van der Waals surface area contributed by atoms with Crippen LogP contribution in [0.1, 0.15) is 25.0 Å². The molecule has 0 amide bonds. The molecule has 6 unspecified atom stereocenters. The molecule has 0 bridgehead atoms.